The molecular weight excluding hydrogens is 377 g/mol. The first-order valence-corrected chi connectivity index (χ1v) is 8.99. The number of ether oxygens (including phenoxy) is 1. The van der Waals surface area contributed by atoms with Gasteiger partial charge in [-0.1, -0.05) is 23.2 Å². The number of sulfonamides is 1. The Kier molecular flexibility index (Phi) is 4.53. The molecule has 0 spiro atoms. The Labute approximate surface area is 148 Å². The molecule has 1 saturated heterocycles. The van der Waals surface area contributed by atoms with E-state index in [4.69, 9.17) is 27.9 Å². The normalized spacial score (nSPS) is 14.6. The van der Waals surface area contributed by atoms with E-state index in [1.165, 1.54) is 11.0 Å². The Morgan fingerprint density at radius 1 is 1.21 bits per heavy atom. The van der Waals surface area contributed by atoms with Crippen molar-refractivity contribution in [2.45, 2.75) is 4.90 Å². The highest BCUT2D eigenvalue weighted by molar-refractivity contribution is 7.92. The molecule has 1 aliphatic rings. The fraction of sp³-hybridized carbons (Fsp3) is 0.143. The molecule has 1 aromatic heterocycles. The Morgan fingerprint density at radius 3 is 2.50 bits per heavy atom. The number of hydrogen-bond donors (Lipinski definition) is 1. The maximum Gasteiger partial charge on any atom is 0.414 e. The number of rotatable bonds is 4. The first-order valence-electron chi connectivity index (χ1n) is 6.75. The third-order valence-electron chi connectivity index (χ3n) is 3.27. The number of benzene rings is 1. The molecule has 1 aliphatic heterocycles. The molecule has 1 amide bonds. The second-order valence-corrected chi connectivity index (χ2v) is 7.31. The number of amides is 1. The van der Waals surface area contributed by atoms with Crippen LogP contribution in [0.4, 0.5) is 16.2 Å². The number of nitrogens with zero attached hydrogens (tertiary/aromatic N) is 2. The lowest BCUT2D eigenvalue weighted by molar-refractivity contribution is 0.181. The van der Waals surface area contributed by atoms with Crippen molar-refractivity contribution < 1.29 is 17.9 Å². The fourth-order valence-corrected chi connectivity index (χ4v) is 3.47. The maximum atomic E-state index is 12.3. The minimum Gasteiger partial charge on any atom is -0.447 e. The first-order chi connectivity index (χ1) is 11.4. The summed E-state index contributed by atoms with van der Waals surface area (Å²) in [5.74, 6) is 0. The topological polar surface area (TPSA) is 88.6 Å². The minimum atomic E-state index is -3.86. The van der Waals surface area contributed by atoms with E-state index < -0.39 is 16.1 Å². The van der Waals surface area contributed by atoms with Gasteiger partial charge in [0.1, 0.15) is 16.7 Å². The average Bonchev–Trinajstić information content (AvgIpc) is 2.96. The number of aromatic nitrogens is 1. The van der Waals surface area contributed by atoms with Crippen molar-refractivity contribution in [3.8, 4) is 0 Å². The van der Waals surface area contributed by atoms with Crippen LogP contribution >= 0.6 is 23.2 Å². The van der Waals surface area contributed by atoms with E-state index in [1.54, 1.807) is 24.3 Å². The summed E-state index contributed by atoms with van der Waals surface area (Å²) in [6.07, 6.45) is 0.690. The fourth-order valence-electron chi connectivity index (χ4n) is 2.10. The van der Waals surface area contributed by atoms with Crippen molar-refractivity contribution in [3.63, 3.8) is 0 Å². The van der Waals surface area contributed by atoms with Crippen molar-refractivity contribution in [2.24, 2.45) is 0 Å². The predicted molar refractivity (Wildman–Crippen MR) is 90.2 cm³/mol. The number of anilines is 2. The van der Waals surface area contributed by atoms with Gasteiger partial charge in [0.15, 0.2) is 0 Å². The predicted octanol–water partition coefficient (Wildman–Crippen LogP) is 3.15. The number of carbonyl (C=O) groups is 1. The Morgan fingerprint density at radius 2 is 1.92 bits per heavy atom. The van der Waals surface area contributed by atoms with Gasteiger partial charge in [-0.05, 0) is 30.3 Å². The average molecular weight is 388 g/mol. The van der Waals surface area contributed by atoms with Gasteiger partial charge in [-0.15, -0.1) is 0 Å². The SMILES string of the molecule is O=C1OCCN1c1ccc(NS(=O)(=O)c2cnc(Cl)c(Cl)c2)cc1. The second-order valence-electron chi connectivity index (χ2n) is 4.86. The molecular formula is C14H11Cl2N3O4S. The van der Waals surface area contributed by atoms with Gasteiger partial charge >= 0.3 is 6.09 Å². The zero-order valence-corrected chi connectivity index (χ0v) is 14.4. The zero-order chi connectivity index (χ0) is 17.3. The number of nitrogens with one attached hydrogen (secondary N) is 1. The van der Waals surface area contributed by atoms with E-state index in [9.17, 15) is 13.2 Å². The summed E-state index contributed by atoms with van der Waals surface area (Å²) in [7, 11) is -3.86. The monoisotopic (exact) mass is 387 g/mol. The van der Waals surface area contributed by atoms with Gasteiger partial charge in [0, 0.05) is 17.6 Å². The lowest BCUT2D eigenvalue weighted by Crippen LogP contribution is -2.23. The van der Waals surface area contributed by atoms with E-state index >= 15 is 0 Å². The van der Waals surface area contributed by atoms with E-state index in [1.807, 2.05) is 0 Å². The Hall–Kier alpha value is -2.03. The molecule has 0 saturated carbocycles. The smallest absolute Gasteiger partial charge is 0.414 e. The lowest BCUT2D eigenvalue weighted by Gasteiger charge is -2.14. The minimum absolute atomic E-state index is 0.0254. The standard InChI is InChI=1S/C14H11Cl2N3O4S/c15-12-7-11(8-17-13(12)16)24(21,22)18-9-1-3-10(4-2-9)19-5-6-23-14(19)20/h1-4,7-8,18H,5-6H2. The number of cyclic esters (lactones) is 1. The highest BCUT2D eigenvalue weighted by atomic mass is 35.5. The maximum absolute atomic E-state index is 12.3. The van der Waals surface area contributed by atoms with Crippen LogP contribution in [0.25, 0.3) is 0 Å². The molecule has 0 radical (unpaired) electrons. The molecule has 1 N–H and O–H groups in total. The van der Waals surface area contributed by atoms with Crippen LogP contribution in [0, 0.1) is 0 Å². The van der Waals surface area contributed by atoms with Crippen LogP contribution in [0.1, 0.15) is 0 Å². The summed E-state index contributed by atoms with van der Waals surface area (Å²) < 4.78 is 31.9. The van der Waals surface area contributed by atoms with Gasteiger partial charge in [0.2, 0.25) is 0 Å². The van der Waals surface area contributed by atoms with Crippen molar-refractivity contribution in [3.05, 3.63) is 46.7 Å². The summed E-state index contributed by atoms with van der Waals surface area (Å²) >= 11 is 11.5. The molecule has 3 rings (SSSR count). The van der Waals surface area contributed by atoms with Crippen molar-refractivity contribution in [1.82, 2.24) is 4.98 Å². The second kappa shape index (κ2) is 6.46. The largest absolute Gasteiger partial charge is 0.447 e. The Bertz CT molecular complexity index is 887. The van der Waals surface area contributed by atoms with Crippen LogP contribution in [-0.4, -0.2) is 32.6 Å². The van der Waals surface area contributed by atoms with Gasteiger partial charge in [0.25, 0.3) is 10.0 Å². The van der Waals surface area contributed by atoms with Gasteiger partial charge < -0.3 is 4.74 Å². The quantitative estimate of drug-likeness (QED) is 0.813. The van der Waals surface area contributed by atoms with Crippen molar-refractivity contribution in [1.29, 1.82) is 0 Å². The van der Waals surface area contributed by atoms with Crippen LogP contribution in [0.2, 0.25) is 10.2 Å². The molecule has 7 nitrogen and oxygen atoms in total. The number of pyridine rings is 1. The van der Waals surface area contributed by atoms with E-state index in [-0.39, 0.29) is 15.1 Å². The molecule has 0 unspecified atom stereocenters. The molecule has 24 heavy (non-hydrogen) atoms. The summed E-state index contributed by atoms with van der Waals surface area (Å²) in [5, 5.41) is 0.0694. The van der Waals surface area contributed by atoms with Crippen LogP contribution < -0.4 is 9.62 Å². The molecule has 0 bridgehead atoms. The molecule has 10 heteroatoms. The van der Waals surface area contributed by atoms with Crippen molar-refractivity contribution in [2.75, 3.05) is 22.8 Å². The molecule has 126 valence electrons. The highest BCUT2D eigenvalue weighted by Crippen LogP contribution is 2.25. The lowest BCUT2D eigenvalue weighted by atomic mass is 10.2. The van der Waals surface area contributed by atoms with E-state index in [2.05, 4.69) is 9.71 Å². The van der Waals surface area contributed by atoms with Crippen LogP contribution in [-0.2, 0) is 14.8 Å². The molecule has 0 aliphatic carbocycles. The van der Waals surface area contributed by atoms with Gasteiger partial charge in [-0.2, -0.15) is 0 Å². The zero-order valence-electron chi connectivity index (χ0n) is 12.1. The highest BCUT2D eigenvalue weighted by Gasteiger charge is 2.23. The summed E-state index contributed by atoms with van der Waals surface area (Å²) in [6.45, 7) is 0.788. The molecule has 0 atom stereocenters. The molecule has 1 aromatic carbocycles. The van der Waals surface area contributed by atoms with E-state index in [0.29, 0.717) is 24.5 Å². The summed E-state index contributed by atoms with van der Waals surface area (Å²) in [6, 6.07) is 7.55. The number of hydrogen-bond acceptors (Lipinski definition) is 5. The van der Waals surface area contributed by atoms with Gasteiger partial charge in [0.05, 0.1) is 11.6 Å². The molecule has 2 heterocycles. The first kappa shape index (κ1) is 16.8. The van der Waals surface area contributed by atoms with Gasteiger partial charge in [-0.3, -0.25) is 9.62 Å². The molecule has 2 aromatic rings. The number of carbonyl (C=O) groups excluding carboxylic acids is 1. The van der Waals surface area contributed by atoms with Crippen LogP contribution in [0.5, 0.6) is 0 Å². The Balaban J connectivity index is 1.80. The third-order valence-corrected chi connectivity index (χ3v) is 5.31. The summed E-state index contributed by atoms with van der Waals surface area (Å²) in [4.78, 5) is 16.6. The van der Waals surface area contributed by atoms with Crippen molar-refractivity contribution >= 4 is 50.7 Å². The van der Waals surface area contributed by atoms with Crippen LogP contribution in [0.3, 0.4) is 0 Å². The number of halogens is 2. The van der Waals surface area contributed by atoms with Crippen LogP contribution in [0.15, 0.2) is 41.4 Å². The molecule has 1 fully saturated rings. The third kappa shape index (κ3) is 3.40. The van der Waals surface area contributed by atoms with E-state index in [0.717, 1.165) is 6.20 Å². The van der Waals surface area contributed by atoms with Gasteiger partial charge in [-0.25, -0.2) is 18.2 Å². The summed E-state index contributed by atoms with van der Waals surface area (Å²) in [5.41, 5.74) is 0.953.